The molecular weight excluding hydrogens is 144 g/mol. The van der Waals surface area contributed by atoms with E-state index in [0.717, 1.165) is 6.42 Å². The quantitative estimate of drug-likeness (QED) is 0.547. The Morgan fingerprint density at radius 2 is 1.83 bits per heavy atom. The second-order valence-corrected chi connectivity index (χ2v) is 2.62. The molecule has 0 unspecified atom stereocenters. The van der Waals surface area contributed by atoms with E-state index in [-0.39, 0.29) is 0 Å². The standard InChI is InChI=1S/C12H18/c1-4-6-7-8-9-10-11-12(3)5-2/h4-8,10-11H,9H2,1-3H3/b6-4+,8-7-,11-10-,12-5+. The molecule has 0 aliphatic rings. The minimum absolute atomic E-state index is 1.01. The van der Waals surface area contributed by atoms with Gasteiger partial charge in [0.25, 0.3) is 0 Å². The van der Waals surface area contributed by atoms with E-state index < -0.39 is 0 Å². The molecule has 66 valence electrons. The minimum atomic E-state index is 1.01. The molecule has 0 rings (SSSR count). The third kappa shape index (κ3) is 7.07. The van der Waals surface area contributed by atoms with E-state index in [0.29, 0.717) is 0 Å². The van der Waals surface area contributed by atoms with Gasteiger partial charge in [0.1, 0.15) is 0 Å². The molecule has 0 fully saturated rings. The van der Waals surface area contributed by atoms with Crippen molar-refractivity contribution in [3.63, 3.8) is 0 Å². The van der Waals surface area contributed by atoms with Gasteiger partial charge >= 0.3 is 0 Å². The van der Waals surface area contributed by atoms with Crippen LogP contribution >= 0.6 is 0 Å². The van der Waals surface area contributed by atoms with Crippen molar-refractivity contribution in [2.75, 3.05) is 0 Å². The fraction of sp³-hybridized carbons (Fsp3) is 0.333. The Kier molecular flexibility index (Phi) is 7.36. The lowest BCUT2D eigenvalue weighted by Gasteiger charge is -1.85. The molecule has 0 amide bonds. The van der Waals surface area contributed by atoms with Gasteiger partial charge in [-0.05, 0) is 27.2 Å². The molecule has 0 saturated carbocycles. The molecule has 0 atom stereocenters. The van der Waals surface area contributed by atoms with Gasteiger partial charge in [0.15, 0.2) is 0 Å². The molecule has 0 heteroatoms. The highest BCUT2D eigenvalue weighted by Crippen LogP contribution is 1.95. The van der Waals surface area contributed by atoms with Crippen molar-refractivity contribution in [2.24, 2.45) is 0 Å². The summed E-state index contributed by atoms with van der Waals surface area (Å²) < 4.78 is 0. The Labute approximate surface area is 76.0 Å². The summed E-state index contributed by atoms with van der Waals surface area (Å²) in [5.41, 5.74) is 1.31. The summed E-state index contributed by atoms with van der Waals surface area (Å²) in [6.45, 7) is 6.17. The summed E-state index contributed by atoms with van der Waals surface area (Å²) in [7, 11) is 0. The molecule has 0 nitrogen and oxygen atoms in total. The molecule has 0 spiro atoms. The van der Waals surface area contributed by atoms with E-state index in [1.165, 1.54) is 5.57 Å². The third-order valence-electron chi connectivity index (χ3n) is 1.55. The zero-order chi connectivity index (χ0) is 9.23. The smallest absolute Gasteiger partial charge is 0.0163 e. The van der Waals surface area contributed by atoms with Crippen LogP contribution < -0.4 is 0 Å². The molecule has 0 heterocycles. The normalized spacial score (nSPS) is 14.1. The van der Waals surface area contributed by atoms with Crippen molar-refractivity contribution in [1.29, 1.82) is 0 Å². The first-order valence-corrected chi connectivity index (χ1v) is 4.38. The van der Waals surface area contributed by atoms with Crippen LogP contribution in [0.2, 0.25) is 0 Å². The molecule has 0 bridgehead atoms. The fourth-order valence-electron chi connectivity index (χ4n) is 0.697. The summed E-state index contributed by atoms with van der Waals surface area (Å²) in [4.78, 5) is 0. The molecule has 12 heavy (non-hydrogen) atoms. The summed E-state index contributed by atoms with van der Waals surface area (Å²) in [6.07, 6.45) is 15.7. The Morgan fingerprint density at radius 3 is 2.42 bits per heavy atom. The van der Waals surface area contributed by atoms with E-state index in [4.69, 9.17) is 0 Å². The highest BCUT2D eigenvalue weighted by molar-refractivity contribution is 5.16. The van der Waals surface area contributed by atoms with Crippen molar-refractivity contribution in [1.82, 2.24) is 0 Å². The summed E-state index contributed by atoms with van der Waals surface area (Å²) in [6, 6.07) is 0. The number of hydrogen-bond acceptors (Lipinski definition) is 0. The molecule has 0 aliphatic heterocycles. The van der Waals surface area contributed by atoms with Crippen molar-refractivity contribution < 1.29 is 0 Å². The largest absolute Gasteiger partial charge is 0.0877 e. The first kappa shape index (κ1) is 11.0. The summed E-state index contributed by atoms with van der Waals surface area (Å²) in [5.74, 6) is 0. The van der Waals surface area contributed by atoms with Gasteiger partial charge in [0.2, 0.25) is 0 Å². The van der Waals surface area contributed by atoms with Gasteiger partial charge in [-0.2, -0.15) is 0 Å². The van der Waals surface area contributed by atoms with E-state index in [9.17, 15) is 0 Å². The highest BCUT2D eigenvalue weighted by Gasteiger charge is 1.74. The molecule has 0 aromatic rings. The van der Waals surface area contributed by atoms with E-state index in [1.54, 1.807) is 0 Å². The van der Waals surface area contributed by atoms with Crippen LogP contribution in [0.25, 0.3) is 0 Å². The molecule has 0 radical (unpaired) electrons. The average Bonchev–Trinajstić information content (AvgIpc) is 2.10. The van der Waals surface area contributed by atoms with Crippen LogP contribution in [0.1, 0.15) is 27.2 Å². The minimum Gasteiger partial charge on any atom is -0.0877 e. The van der Waals surface area contributed by atoms with Crippen molar-refractivity contribution in [2.45, 2.75) is 27.2 Å². The zero-order valence-corrected chi connectivity index (χ0v) is 8.25. The predicted molar refractivity (Wildman–Crippen MR) is 57.1 cm³/mol. The maximum absolute atomic E-state index is 2.16. The third-order valence-corrected chi connectivity index (χ3v) is 1.55. The Hall–Kier alpha value is -1.04. The molecule has 0 aliphatic carbocycles. The van der Waals surface area contributed by atoms with Crippen LogP contribution in [0.5, 0.6) is 0 Å². The first-order chi connectivity index (χ1) is 5.81. The maximum atomic E-state index is 2.16. The number of allylic oxidation sites excluding steroid dienone is 8. The first-order valence-electron chi connectivity index (χ1n) is 4.38. The molecule has 0 saturated heterocycles. The van der Waals surface area contributed by atoms with Crippen LogP contribution in [0, 0.1) is 0 Å². The molecule has 0 aromatic heterocycles. The zero-order valence-electron chi connectivity index (χ0n) is 8.25. The van der Waals surface area contributed by atoms with Crippen LogP contribution in [-0.2, 0) is 0 Å². The Morgan fingerprint density at radius 1 is 1.08 bits per heavy atom. The van der Waals surface area contributed by atoms with Gasteiger partial charge in [-0.3, -0.25) is 0 Å². The van der Waals surface area contributed by atoms with Gasteiger partial charge in [-0.1, -0.05) is 48.1 Å². The van der Waals surface area contributed by atoms with Crippen LogP contribution in [0.3, 0.4) is 0 Å². The molecular formula is C12H18. The van der Waals surface area contributed by atoms with E-state index in [2.05, 4.69) is 44.2 Å². The topological polar surface area (TPSA) is 0 Å². The summed E-state index contributed by atoms with van der Waals surface area (Å²) in [5, 5.41) is 0. The van der Waals surface area contributed by atoms with Crippen molar-refractivity contribution in [3.8, 4) is 0 Å². The summed E-state index contributed by atoms with van der Waals surface area (Å²) >= 11 is 0. The Balaban J connectivity index is 3.62. The van der Waals surface area contributed by atoms with Gasteiger partial charge in [0.05, 0.1) is 0 Å². The SMILES string of the molecule is C/C=C/C=C\C/C=C\C(C)=C\C. The second kappa shape index (κ2) is 8.06. The fourth-order valence-corrected chi connectivity index (χ4v) is 0.697. The second-order valence-electron chi connectivity index (χ2n) is 2.62. The van der Waals surface area contributed by atoms with Crippen molar-refractivity contribution >= 4 is 0 Å². The van der Waals surface area contributed by atoms with Gasteiger partial charge in [0, 0.05) is 0 Å². The molecule has 0 aromatic carbocycles. The van der Waals surface area contributed by atoms with Gasteiger partial charge in [-0.25, -0.2) is 0 Å². The molecule has 0 N–H and O–H groups in total. The lowest BCUT2D eigenvalue weighted by atomic mass is 10.2. The van der Waals surface area contributed by atoms with Crippen molar-refractivity contribution in [3.05, 3.63) is 48.1 Å². The van der Waals surface area contributed by atoms with Crippen LogP contribution in [-0.4, -0.2) is 0 Å². The van der Waals surface area contributed by atoms with Crippen LogP contribution in [0.15, 0.2) is 48.1 Å². The number of rotatable bonds is 4. The number of hydrogen-bond donors (Lipinski definition) is 0. The van der Waals surface area contributed by atoms with E-state index >= 15 is 0 Å². The maximum Gasteiger partial charge on any atom is -0.0163 e. The lowest BCUT2D eigenvalue weighted by Crippen LogP contribution is -1.64. The Bertz CT molecular complexity index is 202. The average molecular weight is 162 g/mol. The monoisotopic (exact) mass is 162 g/mol. The predicted octanol–water partition coefficient (Wildman–Crippen LogP) is 4.03. The van der Waals surface area contributed by atoms with Gasteiger partial charge in [-0.15, -0.1) is 0 Å². The highest BCUT2D eigenvalue weighted by atomic mass is 13.8. The van der Waals surface area contributed by atoms with Gasteiger partial charge < -0.3 is 0 Å². The lowest BCUT2D eigenvalue weighted by molar-refractivity contribution is 1.36. The van der Waals surface area contributed by atoms with Crippen LogP contribution in [0.4, 0.5) is 0 Å². The van der Waals surface area contributed by atoms with E-state index in [1.807, 2.05) is 19.1 Å².